The summed E-state index contributed by atoms with van der Waals surface area (Å²) in [5.41, 5.74) is 2.83. The zero-order chi connectivity index (χ0) is 22.2. The molecule has 8 heteroatoms. The van der Waals surface area contributed by atoms with Crippen LogP contribution < -0.4 is 16.0 Å². The van der Waals surface area contributed by atoms with Crippen LogP contribution in [0.2, 0.25) is 0 Å². The van der Waals surface area contributed by atoms with E-state index in [0.717, 1.165) is 29.4 Å². The molecule has 0 aromatic heterocycles. The highest BCUT2D eigenvalue weighted by molar-refractivity contribution is 6.04. The Labute approximate surface area is 177 Å². The van der Waals surface area contributed by atoms with E-state index < -0.39 is 23.7 Å². The third kappa shape index (κ3) is 4.34. The topological polar surface area (TPSA) is 48.5 Å². The van der Waals surface area contributed by atoms with E-state index in [9.17, 15) is 17.6 Å². The molecule has 0 spiro atoms. The number of nitrogens with zero attached hydrogens (tertiary/aromatic N) is 1. The molecular weight excluding hydrogens is 408 g/mol. The summed E-state index contributed by atoms with van der Waals surface area (Å²) >= 11 is 0. The lowest BCUT2D eigenvalue weighted by molar-refractivity contribution is -0.138. The number of aliphatic imine (C=N–C) groups is 1. The SMILES string of the molecule is C=C(NC1=NC(c2ccccc2C(F)(F)F)NC2=C1CCNC2)c1cc(F)ccc1C. The predicted molar refractivity (Wildman–Crippen MR) is 113 cm³/mol. The number of benzene rings is 2. The summed E-state index contributed by atoms with van der Waals surface area (Å²) in [4.78, 5) is 4.58. The third-order valence-electron chi connectivity index (χ3n) is 5.43. The van der Waals surface area contributed by atoms with E-state index in [1.807, 2.05) is 6.92 Å². The summed E-state index contributed by atoms with van der Waals surface area (Å²) in [5, 5.41) is 9.52. The van der Waals surface area contributed by atoms with Crippen molar-refractivity contribution < 1.29 is 17.6 Å². The Morgan fingerprint density at radius 3 is 2.74 bits per heavy atom. The summed E-state index contributed by atoms with van der Waals surface area (Å²) in [6.07, 6.45) is -4.76. The van der Waals surface area contributed by atoms with Crippen LogP contribution in [-0.2, 0) is 6.18 Å². The molecule has 162 valence electrons. The monoisotopic (exact) mass is 430 g/mol. The zero-order valence-corrected chi connectivity index (χ0v) is 16.9. The molecule has 31 heavy (non-hydrogen) atoms. The molecule has 2 aliphatic heterocycles. The molecule has 2 aliphatic rings. The summed E-state index contributed by atoms with van der Waals surface area (Å²) in [7, 11) is 0. The van der Waals surface area contributed by atoms with Crippen molar-refractivity contribution in [2.45, 2.75) is 25.7 Å². The van der Waals surface area contributed by atoms with Gasteiger partial charge in [0.1, 0.15) is 17.8 Å². The molecule has 0 amide bonds. The van der Waals surface area contributed by atoms with Crippen LogP contribution in [0.15, 0.2) is 65.3 Å². The molecule has 1 atom stereocenters. The quantitative estimate of drug-likeness (QED) is 0.621. The number of halogens is 4. The first-order chi connectivity index (χ1) is 14.7. The molecule has 2 aromatic carbocycles. The first-order valence-corrected chi connectivity index (χ1v) is 9.90. The van der Waals surface area contributed by atoms with Crippen LogP contribution in [0, 0.1) is 12.7 Å². The number of nitrogens with one attached hydrogen (secondary N) is 3. The summed E-state index contributed by atoms with van der Waals surface area (Å²) in [5.74, 6) is 0.0560. The molecule has 1 unspecified atom stereocenters. The van der Waals surface area contributed by atoms with Crippen molar-refractivity contribution in [1.82, 2.24) is 16.0 Å². The fourth-order valence-corrected chi connectivity index (χ4v) is 3.87. The molecule has 3 N–H and O–H groups in total. The highest BCUT2D eigenvalue weighted by Gasteiger charge is 2.36. The predicted octanol–water partition coefficient (Wildman–Crippen LogP) is 4.66. The van der Waals surface area contributed by atoms with Gasteiger partial charge in [-0.25, -0.2) is 9.38 Å². The fraction of sp³-hybridized carbons (Fsp3) is 0.261. The van der Waals surface area contributed by atoms with Gasteiger partial charge in [0.15, 0.2) is 0 Å². The largest absolute Gasteiger partial charge is 0.416 e. The van der Waals surface area contributed by atoms with Gasteiger partial charge in [0.05, 0.1) is 5.56 Å². The first-order valence-electron chi connectivity index (χ1n) is 9.90. The summed E-state index contributed by atoms with van der Waals surface area (Å²) in [6, 6.07) is 9.80. The van der Waals surface area contributed by atoms with E-state index in [0.29, 0.717) is 30.1 Å². The van der Waals surface area contributed by atoms with Crippen LogP contribution in [0.4, 0.5) is 17.6 Å². The maximum Gasteiger partial charge on any atom is 0.416 e. The lowest BCUT2D eigenvalue weighted by atomic mass is 9.98. The normalized spacial score (nSPS) is 18.7. The van der Waals surface area contributed by atoms with E-state index in [-0.39, 0.29) is 5.56 Å². The van der Waals surface area contributed by atoms with Gasteiger partial charge in [0, 0.05) is 34.6 Å². The summed E-state index contributed by atoms with van der Waals surface area (Å²) < 4.78 is 54.5. The molecule has 0 radical (unpaired) electrons. The minimum absolute atomic E-state index is 0.0407. The van der Waals surface area contributed by atoms with Crippen molar-refractivity contribution >= 4 is 11.5 Å². The van der Waals surface area contributed by atoms with E-state index in [1.165, 1.54) is 24.3 Å². The Kier molecular flexibility index (Phi) is 5.58. The van der Waals surface area contributed by atoms with Crippen molar-refractivity contribution in [2.75, 3.05) is 13.1 Å². The second kappa shape index (κ2) is 8.19. The van der Waals surface area contributed by atoms with Crippen molar-refractivity contribution in [3.63, 3.8) is 0 Å². The van der Waals surface area contributed by atoms with E-state index >= 15 is 0 Å². The Morgan fingerprint density at radius 1 is 1.19 bits per heavy atom. The second-order valence-electron chi connectivity index (χ2n) is 7.56. The van der Waals surface area contributed by atoms with Gasteiger partial charge in [-0.3, -0.25) is 0 Å². The van der Waals surface area contributed by atoms with Crippen LogP contribution in [0.1, 0.15) is 34.8 Å². The first kappa shape index (κ1) is 21.1. The standard InChI is InChI=1S/C23H22F4N4/c1-13-7-8-15(24)11-18(13)14(2)29-22-17-9-10-28-12-20(17)30-21(31-22)16-5-3-4-6-19(16)23(25,26)27/h3-8,11,21,28,30H,2,9-10,12H2,1H3,(H,29,31). The average molecular weight is 430 g/mol. The van der Waals surface area contributed by atoms with Gasteiger partial charge in [-0.15, -0.1) is 0 Å². The molecular formula is C23H22F4N4. The Balaban J connectivity index is 1.72. The lowest BCUT2D eigenvalue weighted by Crippen LogP contribution is -2.42. The van der Waals surface area contributed by atoms with Crippen molar-refractivity contribution in [3.05, 3.63) is 88.4 Å². The molecule has 2 heterocycles. The molecule has 0 saturated heterocycles. The van der Waals surface area contributed by atoms with E-state index in [1.54, 1.807) is 12.1 Å². The van der Waals surface area contributed by atoms with Crippen LogP contribution in [0.5, 0.6) is 0 Å². The maximum atomic E-state index is 13.8. The van der Waals surface area contributed by atoms with Gasteiger partial charge in [0.2, 0.25) is 0 Å². The number of aryl methyl sites for hydroxylation is 1. The number of hydrogen-bond acceptors (Lipinski definition) is 4. The number of hydrogen-bond donors (Lipinski definition) is 3. The molecule has 0 saturated carbocycles. The molecule has 4 nitrogen and oxygen atoms in total. The highest BCUT2D eigenvalue weighted by Crippen LogP contribution is 2.36. The van der Waals surface area contributed by atoms with E-state index in [4.69, 9.17) is 0 Å². The highest BCUT2D eigenvalue weighted by atomic mass is 19.4. The van der Waals surface area contributed by atoms with Gasteiger partial charge in [-0.05, 0) is 43.7 Å². The average Bonchev–Trinajstić information content (AvgIpc) is 2.74. The van der Waals surface area contributed by atoms with Crippen LogP contribution >= 0.6 is 0 Å². The molecule has 2 aromatic rings. The van der Waals surface area contributed by atoms with Crippen molar-refractivity contribution in [2.24, 2.45) is 4.99 Å². The van der Waals surface area contributed by atoms with Gasteiger partial charge < -0.3 is 16.0 Å². The third-order valence-corrected chi connectivity index (χ3v) is 5.43. The number of rotatable bonds is 3. The Hall–Kier alpha value is -3.13. The maximum absolute atomic E-state index is 13.8. The van der Waals surface area contributed by atoms with Crippen LogP contribution in [0.3, 0.4) is 0 Å². The Bertz CT molecular complexity index is 1090. The molecule has 4 rings (SSSR count). The molecule has 0 aliphatic carbocycles. The minimum atomic E-state index is -4.50. The molecule has 0 fully saturated rings. The fourth-order valence-electron chi connectivity index (χ4n) is 3.87. The van der Waals surface area contributed by atoms with Crippen LogP contribution in [-0.4, -0.2) is 18.9 Å². The minimum Gasteiger partial charge on any atom is -0.362 e. The smallest absolute Gasteiger partial charge is 0.362 e. The lowest BCUT2D eigenvalue weighted by Gasteiger charge is -2.33. The Morgan fingerprint density at radius 2 is 1.97 bits per heavy atom. The number of alkyl halides is 3. The van der Waals surface area contributed by atoms with Crippen molar-refractivity contribution in [3.8, 4) is 0 Å². The van der Waals surface area contributed by atoms with Gasteiger partial charge in [-0.2, -0.15) is 13.2 Å². The number of amidine groups is 1. The van der Waals surface area contributed by atoms with Crippen LogP contribution in [0.25, 0.3) is 5.70 Å². The zero-order valence-electron chi connectivity index (χ0n) is 16.9. The van der Waals surface area contributed by atoms with E-state index in [2.05, 4.69) is 27.5 Å². The molecule has 0 bridgehead atoms. The van der Waals surface area contributed by atoms with Gasteiger partial charge in [0.25, 0.3) is 0 Å². The second-order valence-corrected chi connectivity index (χ2v) is 7.56. The van der Waals surface area contributed by atoms with Gasteiger partial charge >= 0.3 is 6.18 Å². The van der Waals surface area contributed by atoms with Gasteiger partial charge in [-0.1, -0.05) is 30.8 Å². The summed E-state index contributed by atoms with van der Waals surface area (Å²) in [6.45, 7) is 7.06. The van der Waals surface area contributed by atoms with Crippen molar-refractivity contribution in [1.29, 1.82) is 0 Å².